The molecule has 1 atom stereocenters. The summed E-state index contributed by atoms with van der Waals surface area (Å²) in [6.07, 6.45) is 94.6. The minimum Gasteiger partial charge on any atom is -0.462 e. The van der Waals surface area contributed by atoms with Crippen molar-refractivity contribution in [2.45, 2.75) is 374 Å². The molecule has 0 aliphatic heterocycles. The summed E-state index contributed by atoms with van der Waals surface area (Å²) in [5, 5.41) is 0. The number of hydrogen-bond acceptors (Lipinski definition) is 6. The molecule has 480 valence electrons. The smallest absolute Gasteiger partial charge is 0.306 e. The van der Waals surface area contributed by atoms with Crippen LogP contribution in [-0.4, -0.2) is 37.2 Å². The zero-order valence-corrected chi connectivity index (χ0v) is 55.2. The van der Waals surface area contributed by atoms with E-state index in [4.69, 9.17) is 14.2 Å². The van der Waals surface area contributed by atoms with Gasteiger partial charge in [-0.1, -0.05) is 337 Å². The summed E-state index contributed by atoms with van der Waals surface area (Å²) in [7, 11) is 0. The SMILES string of the molecule is CC/C=C\C/C=C\C/C=C\C/C=C\C/C=C\C/C=C\CCCCCCCCCCC(=O)OCC(COC(=O)CCCCCCCCCCCCCCCCC)OC(=O)CCCCCCCCCCCCC/C=C\CCCCCCCCCC. The number of carbonyl (C=O) groups excluding carboxylic acids is 3. The number of ether oxygens (including phenoxy) is 3. The highest BCUT2D eigenvalue weighted by Crippen LogP contribution is 2.18. The average molecular weight is 1160 g/mol. The standard InChI is InChI=1S/C77H136O6/c1-4-7-10-13-16-19-22-25-28-30-32-34-36-37-38-39-41-42-44-46-49-52-55-58-61-64-67-70-76(79)82-73-74(72-81-75(78)69-66-63-60-57-54-51-48-27-24-21-18-15-12-9-6-3)83-77(80)71-68-65-62-59-56-53-50-47-45-43-40-35-33-31-29-26-23-20-17-14-11-8-5-2/h7,10,16,19,25,28,31-34,37-38,41-42,74H,4-6,8-9,11-15,17-18,20-24,26-27,29-30,35-36,39-40,43-73H2,1-3H3/b10-7-,19-16-,28-25-,33-31-,34-32-,38-37-,42-41-. The minimum absolute atomic E-state index is 0.0750. The van der Waals surface area contributed by atoms with E-state index < -0.39 is 6.10 Å². The van der Waals surface area contributed by atoms with Gasteiger partial charge in [0.1, 0.15) is 13.2 Å². The topological polar surface area (TPSA) is 78.9 Å². The molecular weight excluding hydrogens is 1020 g/mol. The molecule has 0 fully saturated rings. The molecule has 0 aromatic rings. The first kappa shape index (κ1) is 79.6. The molecule has 0 saturated heterocycles. The lowest BCUT2D eigenvalue weighted by Gasteiger charge is -2.18. The molecule has 0 spiro atoms. The van der Waals surface area contributed by atoms with Crippen LogP contribution in [-0.2, 0) is 28.6 Å². The van der Waals surface area contributed by atoms with Crippen LogP contribution in [0.15, 0.2) is 85.1 Å². The third kappa shape index (κ3) is 69.3. The predicted octanol–water partition coefficient (Wildman–Crippen LogP) is 25.0. The molecule has 0 aromatic carbocycles. The summed E-state index contributed by atoms with van der Waals surface area (Å²) in [4.78, 5) is 38.5. The molecule has 0 N–H and O–H groups in total. The first-order valence-corrected chi connectivity index (χ1v) is 36.1. The van der Waals surface area contributed by atoms with Crippen LogP contribution in [0.3, 0.4) is 0 Å². The lowest BCUT2D eigenvalue weighted by Crippen LogP contribution is -2.30. The highest BCUT2D eigenvalue weighted by molar-refractivity contribution is 5.71. The van der Waals surface area contributed by atoms with E-state index >= 15 is 0 Å². The number of allylic oxidation sites excluding steroid dienone is 14. The second-order valence-electron chi connectivity index (χ2n) is 24.1. The van der Waals surface area contributed by atoms with E-state index in [1.807, 2.05) is 0 Å². The Morgan fingerprint density at radius 3 is 0.747 bits per heavy atom. The quantitative estimate of drug-likeness (QED) is 0.0261. The van der Waals surface area contributed by atoms with Crippen molar-refractivity contribution >= 4 is 17.9 Å². The van der Waals surface area contributed by atoms with E-state index in [-0.39, 0.29) is 31.1 Å². The first-order valence-electron chi connectivity index (χ1n) is 36.1. The Bertz CT molecular complexity index is 1570. The lowest BCUT2D eigenvalue weighted by molar-refractivity contribution is -0.167. The van der Waals surface area contributed by atoms with Gasteiger partial charge < -0.3 is 14.2 Å². The zero-order chi connectivity index (χ0) is 59.9. The Morgan fingerprint density at radius 2 is 0.470 bits per heavy atom. The van der Waals surface area contributed by atoms with Crippen molar-refractivity contribution < 1.29 is 28.6 Å². The summed E-state index contributed by atoms with van der Waals surface area (Å²) < 4.78 is 17.0. The van der Waals surface area contributed by atoms with Gasteiger partial charge in [0.25, 0.3) is 0 Å². The average Bonchev–Trinajstić information content (AvgIpc) is 3.49. The summed E-state index contributed by atoms with van der Waals surface area (Å²) in [5.74, 6) is -0.863. The van der Waals surface area contributed by atoms with Crippen LogP contribution in [0.5, 0.6) is 0 Å². The van der Waals surface area contributed by atoms with Crippen LogP contribution < -0.4 is 0 Å². The van der Waals surface area contributed by atoms with Gasteiger partial charge in [-0.05, 0) is 96.3 Å². The van der Waals surface area contributed by atoms with Gasteiger partial charge in [-0.15, -0.1) is 0 Å². The van der Waals surface area contributed by atoms with Crippen molar-refractivity contribution in [2.75, 3.05) is 13.2 Å². The maximum Gasteiger partial charge on any atom is 0.306 e. The van der Waals surface area contributed by atoms with Crippen LogP contribution >= 0.6 is 0 Å². The van der Waals surface area contributed by atoms with Gasteiger partial charge in [0.15, 0.2) is 6.10 Å². The fourth-order valence-corrected chi connectivity index (χ4v) is 10.5. The van der Waals surface area contributed by atoms with E-state index in [9.17, 15) is 14.4 Å². The molecule has 0 heterocycles. The second kappa shape index (κ2) is 71.1. The summed E-state index contributed by atoms with van der Waals surface area (Å²) in [6.45, 7) is 6.58. The van der Waals surface area contributed by atoms with E-state index in [0.29, 0.717) is 19.3 Å². The molecule has 1 unspecified atom stereocenters. The van der Waals surface area contributed by atoms with Crippen molar-refractivity contribution in [1.82, 2.24) is 0 Å². The van der Waals surface area contributed by atoms with Crippen LogP contribution in [0.2, 0.25) is 0 Å². The molecule has 0 rings (SSSR count). The summed E-state index contributed by atoms with van der Waals surface area (Å²) in [5.41, 5.74) is 0. The van der Waals surface area contributed by atoms with Crippen LogP contribution in [0.1, 0.15) is 367 Å². The van der Waals surface area contributed by atoms with Crippen molar-refractivity contribution in [3.63, 3.8) is 0 Å². The Morgan fingerprint density at radius 1 is 0.253 bits per heavy atom. The van der Waals surface area contributed by atoms with Gasteiger partial charge in [0.2, 0.25) is 0 Å². The third-order valence-electron chi connectivity index (χ3n) is 15.9. The first-order chi connectivity index (χ1) is 41.0. The largest absolute Gasteiger partial charge is 0.462 e. The number of carbonyl (C=O) groups is 3. The van der Waals surface area contributed by atoms with Crippen molar-refractivity contribution in [3.8, 4) is 0 Å². The van der Waals surface area contributed by atoms with Gasteiger partial charge >= 0.3 is 17.9 Å². The molecule has 0 bridgehead atoms. The Hall–Kier alpha value is -3.41. The molecule has 0 aromatic heterocycles. The molecular formula is C77H136O6. The van der Waals surface area contributed by atoms with E-state index in [1.54, 1.807) is 0 Å². The monoisotopic (exact) mass is 1160 g/mol. The predicted molar refractivity (Wildman–Crippen MR) is 362 cm³/mol. The van der Waals surface area contributed by atoms with Crippen molar-refractivity contribution in [1.29, 1.82) is 0 Å². The van der Waals surface area contributed by atoms with Gasteiger partial charge in [0.05, 0.1) is 0 Å². The molecule has 0 aliphatic carbocycles. The highest BCUT2D eigenvalue weighted by Gasteiger charge is 2.19. The molecule has 0 aliphatic rings. The van der Waals surface area contributed by atoms with Crippen molar-refractivity contribution in [3.05, 3.63) is 85.1 Å². The fourth-order valence-electron chi connectivity index (χ4n) is 10.5. The lowest BCUT2D eigenvalue weighted by atomic mass is 10.0. The number of esters is 3. The molecule has 0 saturated carbocycles. The Kier molecular flexibility index (Phi) is 68.2. The zero-order valence-electron chi connectivity index (χ0n) is 55.2. The van der Waals surface area contributed by atoms with E-state index in [0.717, 1.165) is 103 Å². The maximum atomic E-state index is 13.0. The van der Waals surface area contributed by atoms with Gasteiger partial charge in [-0.25, -0.2) is 0 Å². The maximum absolute atomic E-state index is 13.0. The van der Waals surface area contributed by atoms with Gasteiger partial charge in [-0.2, -0.15) is 0 Å². The highest BCUT2D eigenvalue weighted by atomic mass is 16.6. The number of rotatable bonds is 66. The Labute approximate surface area is 515 Å². The van der Waals surface area contributed by atoms with Gasteiger partial charge in [-0.3, -0.25) is 14.4 Å². The fraction of sp³-hybridized carbons (Fsp3) is 0.779. The van der Waals surface area contributed by atoms with E-state index in [2.05, 4.69) is 106 Å². The summed E-state index contributed by atoms with van der Waals surface area (Å²) >= 11 is 0. The number of unbranched alkanes of at least 4 members (excludes halogenated alkanes) is 41. The second-order valence-corrected chi connectivity index (χ2v) is 24.1. The molecule has 83 heavy (non-hydrogen) atoms. The van der Waals surface area contributed by atoms with Crippen LogP contribution in [0.25, 0.3) is 0 Å². The van der Waals surface area contributed by atoms with Crippen LogP contribution in [0.4, 0.5) is 0 Å². The Balaban J connectivity index is 4.33. The number of hydrogen-bond donors (Lipinski definition) is 0. The molecule has 0 amide bonds. The van der Waals surface area contributed by atoms with E-state index in [1.165, 1.54) is 225 Å². The van der Waals surface area contributed by atoms with Gasteiger partial charge in [0, 0.05) is 19.3 Å². The molecule has 6 heteroatoms. The van der Waals surface area contributed by atoms with Crippen LogP contribution in [0, 0.1) is 0 Å². The van der Waals surface area contributed by atoms with Crippen molar-refractivity contribution in [2.24, 2.45) is 0 Å². The molecule has 0 radical (unpaired) electrons. The third-order valence-corrected chi connectivity index (χ3v) is 15.9. The summed E-state index contributed by atoms with van der Waals surface area (Å²) in [6, 6.07) is 0. The molecule has 6 nitrogen and oxygen atoms in total. The minimum atomic E-state index is -0.781. The normalized spacial score (nSPS) is 12.6.